The Morgan fingerprint density at radius 3 is 1.41 bits per heavy atom. The van der Waals surface area contributed by atoms with Crippen LogP contribution < -0.4 is 0 Å². The highest BCUT2D eigenvalue weighted by Gasteiger charge is 2.14. The molecule has 6 nitrogen and oxygen atoms in total. The van der Waals surface area contributed by atoms with Crippen molar-refractivity contribution in [2.75, 3.05) is 0 Å². The first-order chi connectivity index (χ1) is 10.4. The van der Waals surface area contributed by atoms with E-state index in [-0.39, 0.29) is 21.2 Å². The molecule has 2 rings (SSSR count). The van der Waals surface area contributed by atoms with Crippen molar-refractivity contribution in [1.82, 2.24) is 0 Å². The Balaban J connectivity index is 2.13. The smallest absolute Gasteiger partial charge is 0.258 e. The fraction of sp³-hybridized carbons (Fsp3) is 0. The molecule has 0 amide bonds. The summed E-state index contributed by atoms with van der Waals surface area (Å²) in [5, 5.41) is 21.0. The van der Waals surface area contributed by atoms with Crippen molar-refractivity contribution in [2.24, 2.45) is 0 Å². The van der Waals surface area contributed by atoms with Crippen LogP contribution in [0.25, 0.3) is 0 Å². The molecule has 2 aromatic carbocycles. The van der Waals surface area contributed by atoms with Gasteiger partial charge in [0, 0.05) is 12.1 Å². The molecule has 0 aliphatic heterocycles. The van der Waals surface area contributed by atoms with E-state index in [2.05, 4.69) is 0 Å². The summed E-state index contributed by atoms with van der Waals surface area (Å²) in [4.78, 5) is 19.7. The highest BCUT2D eigenvalue weighted by molar-refractivity contribution is 8.76. The number of rotatable bonds is 5. The summed E-state index contributed by atoms with van der Waals surface area (Å²) in [5.74, 6) is -1.59. The fourth-order valence-electron chi connectivity index (χ4n) is 1.43. The molecule has 0 bridgehead atoms. The van der Waals surface area contributed by atoms with Gasteiger partial charge in [0.25, 0.3) is 11.4 Å². The van der Waals surface area contributed by atoms with Crippen LogP contribution in [-0.2, 0) is 0 Å². The van der Waals surface area contributed by atoms with Crippen LogP contribution >= 0.6 is 21.6 Å². The van der Waals surface area contributed by atoms with Gasteiger partial charge in [-0.2, -0.15) is 0 Å². The second-order valence-corrected chi connectivity index (χ2v) is 6.12. The first-order valence-electron chi connectivity index (χ1n) is 5.61. The Morgan fingerprint density at radius 1 is 0.773 bits per heavy atom. The summed E-state index contributed by atoms with van der Waals surface area (Å²) in [7, 11) is 1.72. The van der Waals surface area contributed by atoms with E-state index in [4.69, 9.17) is 0 Å². The van der Waals surface area contributed by atoms with E-state index in [1.807, 2.05) is 0 Å². The minimum Gasteiger partial charge on any atom is -0.258 e. The average Bonchev–Trinajstić information content (AvgIpc) is 2.46. The van der Waals surface area contributed by atoms with Gasteiger partial charge < -0.3 is 0 Å². The summed E-state index contributed by atoms with van der Waals surface area (Å²) in [6.45, 7) is 0. The monoisotopic (exact) mass is 344 g/mol. The molecule has 2 aromatic rings. The predicted octanol–water partition coefficient (Wildman–Crippen LogP) is 4.58. The van der Waals surface area contributed by atoms with E-state index < -0.39 is 21.5 Å². The predicted molar refractivity (Wildman–Crippen MR) is 77.8 cm³/mol. The van der Waals surface area contributed by atoms with Gasteiger partial charge in [0.1, 0.15) is 11.6 Å². The van der Waals surface area contributed by atoms with Gasteiger partial charge in [0.2, 0.25) is 0 Å². The van der Waals surface area contributed by atoms with Crippen molar-refractivity contribution < 1.29 is 18.6 Å². The van der Waals surface area contributed by atoms with E-state index in [1.165, 1.54) is 12.1 Å². The van der Waals surface area contributed by atoms with Crippen molar-refractivity contribution in [3.05, 3.63) is 68.3 Å². The molecule has 0 aromatic heterocycles. The van der Waals surface area contributed by atoms with Crippen molar-refractivity contribution in [1.29, 1.82) is 0 Å². The number of non-ortho nitro benzene ring substituents is 2. The molecule has 0 saturated heterocycles. The number of nitro groups is 2. The molecule has 0 aliphatic rings. The lowest BCUT2D eigenvalue weighted by molar-refractivity contribution is -0.385. The average molecular weight is 344 g/mol. The number of hydrogen-bond acceptors (Lipinski definition) is 6. The van der Waals surface area contributed by atoms with Crippen LogP contribution in [0.1, 0.15) is 0 Å². The van der Waals surface area contributed by atoms with Crippen molar-refractivity contribution in [3.8, 4) is 0 Å². The van der Waals surface area contributed by atoms with Crippen LogP contribution in [0.3, 0.4) is 0 Å². The quantitative estimate of drug-likeness (QED) is 0.448. The van der Waals surface area contributed by atoms with Gasteiger partial charge in [-0.25, -0.2) is 8.78 Å². The number of nitrogens with zero attached hydrogens (tertiary/aromatic N) is 2. The standard InChI is InChI=1S/C12H6F2N2O4S2/c13-9-5-7(15(17)18)1-3-11(9)21-22-12-4-2-8(16(19)20)6-10(12)14/h1-6H. The van der Waals surface area contributed by atoms with E-state index >= 15 is 0 Å². The molecule has 0 N–H and O–H groups in total. The van der Waals surface area contributed by atoms with E-state index in [9.17, 15) is 29.0 Å². The number of halogens is 2. The van der Waals surface area contributed by atoms with Crippen LogP contribution in [0, 0.1) is 31.9 Å². The van der Waals surface area contributed by atoms with Crippen LogP contribution in [0.5, 0.6) is 0 Å². The second-order valence-electron chi connectivity index (χ2n) is 3.91. The van der Waals surface area contributed by atoms with Gasteiger partial charge in [-0.15, -0.1) is 0 Å². The number of nitro benzene ring substituents is 2. The van der Waals surface area contributed by atoms with Crippen LogP contribution in [-0.4, -0.2) is 9.85 Å². The van der Waals surface area contributed by atoms with Crippen LogP contribution in [0.15, 0.2) is 46.2 Å². The summed E-state index contributed by atoms with van der Waals surface area (Å²) >= 11 is 0. The number of benzene rings is 2. The van der Waals surface area contributed by atoms with Gasteiger partial charge >= 0.3 is 0 Å². The largest absolute Gasteiger partial charge is 0.272 e. The topological polar surface area (TPSA) is 86.3 Å². The zero-order chi connectivity index (χ0) is 16.3. The maximum absolute atomic E-state index is 13.7. The first kappa shape index (κ1) is 16.2. The number of hydrogen-bond donors (Lipinski definition) is 0. The van der Waals surface area contributed by atoms with Gasteiger partial charge in [-0.1, -0.05) is 0 Å². The summed E-state index contributed by atoms with van der Waals surface area (Å²) in [6, 6.07) is 6.25. The molecular weight excluding hydrogens is 338 g/mol. The first-order valence-corrected chi connectivity index (χ1v) is 7.76. The normalized spacial score (nSPS) is 10.5. The Morgan fingerprint density at radius 2 is 1.14 bits per heavy atom. The molecule has 0 saturated carbocycles. The highest BCUT2D eigenvalue weighted by atomic mass is 33.1. The third kappa shape index (κ3) is 3.71. The molecule has 10 heteroatoms. The summed E-state index contributed by atoms with van der Waals surface area (Å²) < 4.78 is 27.3. The van der Waals surface area contributed by atoms with Gasteiger partial charge in [-0.3, -0.25) is 20.2 Å². The molecule has 22 heavy (non-hydrogen) atoms. The minimum atomic E-state index is -0.797. The van der Waals surface area contributed by atoms with E-state index in [0.29, 0.717) is 0 Å². The highest BCUT2D eigenvalue weighted by Crippen LogP contribution is 2.40. The lowest BCUT2D eigenvalue weighted by Gasteiger charge is -2.04. The molecule has 0 aliphatic carbocycles. The fourth-order valence-corrected chi connectivity index (χ4v) is 3.49. The molecule has 0 atom stereocenters. The third-order valence-electron chi connectivity index (χ3n) is 2.47. The van der Waals surface area contributed by atoms with Gasteiger partial charge in [-0.05, 0) is 33.7 Å². The van der Waals surface area contributed by atoms with Gasteiger partial charge in [0.15, 0.2) is 0 Å². The molecular formula is C12H6F2N2O4S2. The van der Waals surface area contributed by atoms with Crippen molar-refractivity contribution in [2.45, 2.75) is 9.79 Å². The van der Waals surface area contributed by atoms with E-state index in [1.54, 1.807) is 0 Å². The molecule has 0 radical (unpaired) electrons. The summed E-state index contributed by atoms with van der Waals surface area (Å²) in [5.41, 5.74) is -0.762. The molecule has 0 heterocycles. The zero-order valence-corrected chi connectivity index (χ0v) is 12.2. The maximum atomic E-state index is 13.7. The lowest BCUT2D eigenvalue weighted by Crippen LogP contribution is -1.90. The van der Waals surface area contributed by atoms with Crippen molar-refractivity contribution >= 4 is 33.0 Å². The zero-order valence-electron chi connectivity index (χ0n) is 10.6. The molecule has 0 unspecified atom stereocenters. The Labute approximate surface area is 130 Å². The summed E-state index contributed by atoms with van der Waals surface area (Å²) in [6.07, 6.45) is 0. The lowest BCUT2D eigenvalue weighted by atomic mass is 10.3. The van der Waals surface area contributed by atoms with Crippen LogP contribution in [0.4, 0.5) is 20.2 Å². The second kappa shape index (κ2) is 6.71. The Bertz CT molecular complexity index is 694. The molecule has 0 spiro atoms. The Hall–Kier alpha value is -2.20. The van der Waals surface area contributed by atoms with Crippen molar-refractivity contribution in [3.63, 3.8) is 0 Å². The third-order valence-corrected chi connectivity index (χ3v) is 4.91. The molecule has 114 valence electrons. The van der Waals surface area contributed by atoms with Crippen LogP contribution in [0.2, 0.25) is 0 Å². The van der Waals surface area contributed by atoms with Gasteiger partial charge in [0.05, 0.1) is 31.8 Å². The minimum absolute atomic E-state index is 0.0911. The molecule has 0 fully saturated rings. The maximum Gasteiger partial charge on any atom is 0.272 e. The Kier molecular flexibility index (Phi) is 4.93. The SMILES string of the molecule is O=[N+]([O-])c1ccc(SSc2ccc([N+](=O)[O-])cc2F)c(F)c1. The van der Waals surface area contributed by atoms with E-state index in [0.717, 1.165) is 45.9 Å².